The van der Waals surface area contributed by atoms with Crippen LogP contribution in [0.3, 0.4) is 0 Å². The number of amides is 1. The molecule has 0 atom stereocenters. The summed E-state index contributed by atoms with van der Waals surface area (Å²) in [6.07, 6.45) is 3.39. The fourth-order valence-electron chi connectivity index (χ4n) is 5.05. The Labute approximate surface area is 193 Å². The smallest absolute Gasteiger partial charge is 0.259 e. The normalized spacial score (nSPS) is 19.8. The van der Waals surface area contributed by atoms with Crippen LogP contribution < -0.4 is 10.2 Å². The van der Waals surface area contributed by atoms with E-state index in [1.165, 1.54) is 12.4 Å². The van der Waals surface area contributed by atoms with E-state index >= 15 is 0 Å². The number of hydrogen-bond donors (Lipinski definition) is 1. The van der Waals surface area contributed by atoms with Gasteiger partial charge in [0.15, 0.2) is 9.84 Å². The number of benzene rings is 1. The van der Waals surface area contributed by atoms with Gasteiger partial charge in [0.05, 0.1) is 29.1 Å². The Morgan fingerprint density at radius 3 is 2.45 bits per heavy atom. The minimum Gasteiger partial charge on any atom is -0.317 e. The van der Waals surface area contributed by atoms with Crippen molar-refractivity contribution in [3.63, 3.8) is 0 Å². The number of carbonyl (C=O) groups is 1. The van der Waals surface area contributed by atoms with E-state index in [0.717, 1.165) is 13.8 Å². The first kappa shape index (κ1) is 23.3. The Bertz CT molecular complexity index is 1270. The predicted octanol–water partition coefficient (Wildman–Crippen LogP) is 3.55. The third kappa shape index (κ3) is 3.35. The first-order valence-corrected chi connectivity index (χ1v) is 12.3. The van der Waals surface area contributed by atoms with Gasteiger partial charge in [-0.1, -0.05) is 0 Å². The van der Waals surface area contributed by atoms with Crippen LogP contribution in [-0.4, -0.2) is 37.4 Å². The predicted molar refractivity (Wildman–Crippen MR) is 123 cm³/mol. The van der Waals surface area contributed by atoms with Crippen molar-refractivity contribution in [1.29, 1.82) is 5.26 Å². The number of sulfone groups is 1. The van der Waals surface area contributed by atoms with Crippen LogP contribution in [0.25, 0.3) is 0 Å². The fourth-order valence-corrected chi connectivity index (χ4v) is 7.14. The molecule has 0 aliphatic carbocycles. The number of pyridine rings is 1. The average Bonchev–Trinajstić information content (AvgIpc) is 2.98. The summed E-state index contributed by atoms with van der Waals surface area (Å²) in [5.41, 5.74) is 1.67. The number of hydrogen-bond acceptors (Lipinski definition) is 6. The molecule has 1 N–H and O–H groups in total. The van der Waals surface area contributed by atoms with Crippen molar-refractivity contribution in [2.75, 3.05) is 18.0 Å². The van der Waals surface area contributed by atoms with Crippen molar-refractivity contribution >= 4 is 21.4 Å². The summed E-state index contributed by atoms with van der Waals surface area (Å²) >= 11 is 0. The van der Waals surface area contributed by atoms with Crippen molar-refractivity contribution in [1.82, 2.24) is 10.3 Å². The van der Waals surface area contributed by atoms with Crippen LogP contribution >= 0.6 is 0 Å². The second kappa shape index (κ2) is 7.61. The quantitative estimate of drug-likeness (QED) is 0.733. The molecule has 1 fully saturated rings. The number of rotatable bonds is 4. The molecule has 2 aliphatic heterocycles. The highest BCUT2D eigenvalue weighted by Crippen LogP contribution is 2.47. The monoisotopic (exact) mass is 470 g/mol. The van der Waals surface area contributed by atoms with E-state index < -0.39 is 25.1 Å². The summed E-state index contributed by atoms with van der Waals surface area (Å²) in [5, 5.41) is 10.00. The molecule has 4 rings (SSSR count). The largest absolute Gasteiger partial charge is 0.317 e. The Morgan fingerprint density at radius 1 is 1.18 bits per heavy atom. The molecule has 0 radical (unpaired) electrons. The zero-order valence-corrected chi connectivity index (χ0v) is 20.0. The maximum Gasteiger partial charge on any atom is 0.259 e. The summed E-state index contributed by atoms with van der Waals surface area (Å²) in [6.45, 7) is 6.73. The molecule has 2 aliphatic rings. The van der Waals surface area contributed by atoms with Crippen molar-refractivity contribution in [2.45, 2.75) is 55.8 Å². The van der Waals surface area contributed by atoms with Gasteiger partial charge in [-0.05, 0) is 89.0 Å². The maximum atomic E-state index is 15.0. The Balaban J connectivity index is 1.86. The third-order valence-corrected chi connectivity index (χ3v) is 9.82. The molecule has 0 unspecified atom stereocenters. The van der Waals surface area contributed by atoms with E-state index in [-0.39, 0.29) is 18.7 Å². The molecular weight excluding hydrogens is 443 g/mol. The van der Waals surface area contributed by atoms with Gasteiger partial charge in [-0.25, -0.2) is 12.8 Å². The lowest BCUT2D eigenvalue weighted by Crippen LogP contribution is -2.51. The highest BCUT2D eigenvalue weighted by molar-refractivity contribution is 7.93. The second-order valence-electron chi connectivity index (χ2n) is 9.61. The maximum absolute atomic E-state index is 15.0. The van der Waals surface area contributed by atoms with Crippen LogP contribution in [0.2, 0.25) is 0 Å². The summed E-state index contributed by atoms with van der Waals surface area (Å²) in [6, 6.07) is 8.70. The Kier molecular flexibility index (Phi) is 5.38. The molecule has 0 spiro atoms. The van der Waals surface area contributed by atoms with Crippen molar-refractivity contribution in [3.8, 4) is 6.07 Å². The fraction of sp³-hybridized carbons (Fsp3) is 0.458. The molecule has 1 aromatic heterocycles. The number of alkyl halides is 1. The van der Waals surface area contributed by atoms with Gasteiger partial charge in [-0.2, -0.15) is 5.26 Å². The third-order valence-electron chi connectivity index (χ3n) is 6.87. The highest BCUT2D eigenvalue weighted by atomic mass is 32.2. The molecule has 0 bridgehead atoms. The zero-order valence-electron chi connectivity index (χ0n) is 19.1. The lowest BCUT2D eigenvalue weighted by atomic mass is 9.89. The summed E-state index contributed by atoms with van der Waals surface area (Å²) in [5.74, 6) is -0.258. The van der Waals surface area contributed by atoms with Gasteiger partial charge in [0.2, 0.25) is 5.00 Å². The van der Waals surface area contributed by atoms with Crippen molar-refractivity contribution in [3.05, 3.63) is 58.9 Å². The number of nitriles is 1. The van der Waals surface area contributed by atoms with Gasteiger partial charge in [0, 0.05) is 11.8 Å². The molecule has 1 saturated heterocycles. The van der Waals surface area contributed by atoms with Crippen LogP contribution in [-0.2, 0) is 20.1 Å². The van der Waals surface area contributed by atoms with Crippen LogP contribution in [0.5, 0.6) is 0 Å². The van der Waals surface area contributed by atoms with Crippen molar-refractivity contribution in [2.24, 2.45) is 0 Å². The molecule has 1 aromatic carbocycles. The molecule has 33 heavy (non-hydrogen) atoms. The number of fused-ring (bicyclic) bond motifs is 1. The second-order valence-corrected chi connectivity index (χ2v) is 12.4. The molecule has 7 nitrogen and oxygen atoms in total. The number of aromatic nitrogens is 1. The molecule has 2 aromatic rings. The van der Waals surface area contributed by atoms with Gasteiger partial charge < -0.3 is 5.32 Å². The molecule has 3 heterocycles. The lowest BCUT2D eigenvalue weighted by molar-refractivity contribution is 0.0982. The van der Waals surface area contributed by atoms with Gasteiger partial charge in [-0.3, -0.25) is 14.7 Å². The number of nitrogens with zero attached hydrogens (tertiary/aromatic N) is 3. The molecular formula is C24H27FN4O3S. The van der Waals surface area contributed by atoms with Crippen molar-refractivity contribution < 1.29 is 17.6 Å². The first-order valence-electron chi connectivity index (χ1n) is 10.9. The molecule has 1 amide bonds. The van der Waals surface area contributed by atoms with E-state index in [4.69, 9.17) is 0 Å². The van der Waals surface area contributed by atoms with Crippen LogP contribution in [0, 0.1) is 11.3 Å². The Morgan fingerprint density at radius 2 is 1.85 bits per heavy atom. The molecule has 0 saturated carbocycles. The van der Waals surface area contributed by atoms with Gasteiger partial charge in [-0.15, -0.1) is 0 Å². The molecule has 174 valence electrons. The van der Waals surface area contributed by atoms with Crippen LogP contribution in [0.15, 0.2) is 36.7 Å². The number of nitrogens with one attached hydrogen (secondary N) is 1. The van der Waals surface area contributed by atoms with E-state index in [9.17, 15) is 22.9 Å². The van der Waals surface area contributed by atoms with Gasteiger partial charge in [0.25, 0.3) is 5.91 Å². The van der Waals surface area contributed by atoms with Gasteiger partial charge in [0.1, 0.15) is 4.75 Å². The average molecular weight is 471 g/mol. The number of piperidine rings is 1. The highest BCUT2D eigenvalue weighted by Gasteiger charge is 2.54. The topological polar surface area (TPSA) is 103 Å². The lowest BCUT2D eigenvalue weighted by Gasteiger charge is -2.41. The summed E-state index contributed by atoms with van der Waals surface area (Å²) in [7, 11) is -4.25. The van der Waals surface area contributed by atoms with Gasteiger partial charge >= 0.3 is 0 Å². The summed E-state index contributed by atoms with van der Waals surface area (Å²) in [4.78, 5) is 19.2. The Hall–Kier alpha value is -2.83. The molecule has 9 heteroatoms. The SMILES string of the molecule is CC1(C)c2cc(C#N)ccc2C(=O)N1c1cncc(C2(S(=O)(=O)C(C)(C)F)CCNCC2)c1. The minimum absolute atomic E-state index is 0.205. The minimum atomic E-state index is -4.25. The van der Waals surface area contributed by atoms with E-state index in [2.05, 4.69) is 16.4 Å². The number of carbonyl (C=O) groups excluding carboxylic acids is 1. The van der Waals surface area contributed by atoms with E-state index in [1.807, 2.05) is 13.8 Å². The van der Waals surface area contributed by atoms with Crippen LogP contribution in [0.4, 0.5) is 10.1 Å². The standard InChI is InChI=1S/C24H27FN4O3S/c1-22(2)20-11-16(13-26)5-6-19(20)21(30)29(22)18-12-17(14-28-15-18)24(7-9-27-10-8-24)33(31,32)23(3,4)25/h5-6,11-12,14-15,27H,7-10H2,1-4H3. The van der Waals surface area contributed by atoms with E-state index in [1.54, 1.807) is 29.2 Å². The summed E-state index contributed by atoms with van der Waals surface area (Å²) < 4.78 is 40.5. The first-order chi connectivity index (χ1) is 15.4. The number of halogens is 1. The van der Waals surface area contributed by atoms with E-state index in [0.29, 0.717) is 41.0 Å². The van der Waals surface area contributed by atoms with Crippen LogP contribution in [0.1, 0.15) is 67.6 Å². The number of anilines is 1. The zero-order chi connectivity index (χ0) is 24.2.